The van der Waals surface area contributed by atoms with E-state index in [4.69, 9.17) is 17.3 Å². The van der Waals surface area contributed by atoms with Gasteiger partial charge in [-0.2, -0.15) is 5.10 Å². The van der Waals surface area contributed by atoms with Crippen LogP contribution in [0, 0.1) is 17.3 Å². The molecular formula is C16H28ClN3. The summed E-state index contributed by atoms with van der Waals surface area (Å²) < 4.78 is 2.06. The SMILES string of the molecule is CCn1ncc(Cl)c1C1CC(C(C)(C)C)CCC1CN. The van der Waals surface area contributed by atoms with Crippen molar-refractivity contribution in [2.24, 2.45) is 23.0 Å². The first-order valence-corrected chi connectivity index (χ1v) is 8.17. The van der Waals surface area contributed by atoms with Crippen LogP contribution in [0.4, 0.5) is 0 Å². The van der Waals surface area contributed by atoms with E-state index in [2.05, 4.69) is 37.5 Å². The summed E-state index contributed by atoms with van der Waals surface area (Å²) in [4.78, 5) is 0. The van der Waals surface area contributed by atoms with Gasteiger partial charge in [0.25, 0.3) is 0 Å². The summed E-state index contributed by atoms with van der Waals surface area (Å²) in [5, 5.41) is 5.22. The van der Waals surface area contributed by atoms with Crippen LogP contribution in [-0.4, -0.2) is 16.3 Å². The van der Waals surface area contributed by atoms with Crippen LogP contribution >= 0.6 is 11.6 Å². The normalized spacial score (nSPS) is 27.8. The van der Waals surface area contributed by atoms with Crippen LogP contribution in [0.15, 0.2) is 6.20 Å². The molecule has 1 aliphatic rings. The van der Waals surface area contributed by atoms with Crippen molar-refractivity contribution in [3.05, 3.63) is 16.9 Å². The molecule has 0 amide bonds. The third-order valence-corrected chi connectivity index (χ3v) is 5.30. The predicted octanol–water partition coefficient (Wildman–Crippen LogP) is 4.06. The van der Waals surface area contributed by atoms with Gasteiger partial charge in [-0.3, -0.25) is 4.68 Å². The van der Waals surface area contributed by atoms with Crippen molar-refractivity contribution in [1.82, 2.24) is 9.78 Å². The number of nitrogens with two attached hydrogens (primary N) is 1. The van der Waals surface area contributed by atoms with Gasteiger partial charge in [-0.15, -0.1) is 0 Å². The minimum Gasteiger partial charge on any atom is -0.330 e. The summed E-state index contributed by atoms with van der Waals surface area (Å²) >= 11 is 6.42. The first-order chi connectivity index (χ1) is 9.38. The third-order valence-electron chi connectivity index (χ3n) is 5.00. The molecule has 0 spiro atoms. The van der Waals surface area contributed by atoms with Crippen molar-refractivity contribution in [3.8, 4) is 0 Å². The molecule has 3 atom stereocenters. The Bertz CT molecular complexity index is 447. The van der Waals surface area contributed by atoms with Gasteiger partial charge >= 0.3 is 0 Å². The lowest BCUT2D eigenvalue weighted by Gasteiger charge is -2.41. The zero-order valence-electron chi connectivity index (χ0n) is 13.2. The second-order valence-corrected chi connectivity index (χ2v) is 7.58. The van der Waals surface area contributed by atoms with Crippen LogP contribution in [-0.2, 0) is 6.54 Å². The maximum absolute atomic E-state index is 6.42. The Kier molecular flexibility index (Phi) is 4.80. The van der Waals surface area contributed by atoms with Gasteiger partial charge in [0.05, 0.1) is 16.9 Å². The molecular weight excluding hydrogens is 270 g/mol. The van der Waals surface area contributed by atoms with Crippen molar-refractivity contribution < 1.29 is 0 Å². The monoisotopic (exact) mass is 297 g/mol. The Morgan fingerprint density at radius 2 is 2.10 bits per heavy atom. The van der Waals surface area contributed by atoms with Crippen molar-refractivity contribution in [2.75, 3.05) is 6.54 Å². The van der Waals surface area contributed by atoms with E-state index in [9.17, 15) is 0 Å². The van der Waals surface area contributed by atoms with Crippen LogP contribution in [0.3, 0.4) is 0 Å². The van der Waals surface area contributed by atoms with Crippen LogP contribution in [0.25, 0.3) is 0 Å². The van der Waals surface area contributed by atoms with E-state index in [0.717, 1.165) is 24.0 Å². The molecule has 0 aromatic carbocycles. The predicted molar refractivity (Wildman–Crippen MR) is 85.0 cm³/mol. The quantitative estimate of drug-likeness (QED) is 0.914. The molecule has 0 aliphatic heterocycles. The average Bonchev–Trinajstić information content (AvgIpc) is 2.77. The molecule has 20 heavy (non-hydrogen) atoms. The first kappa shape index (κ1) is 15.8. The largest absolute Gasteiger partial charge is 0.330 e. The fourth-order valence-corrected chi connectivity index (χ4v) is 3.91. The van der Waals surface area contributed by atoms with Gasteiger partial charge in [-0.25, -0.2) is 0 Å². The Morgan fingerprint density at radius 1 is 1.40 bits per heavy atom. The molecule has 0 radical (unpaired) electrons. The molecule has 4 heteroatoms. The van der Waals surface area contributed by atoms with E-state index < -0.39 is 0 Å². The van der Waals surface area contributed by atoms with Crippen molar-refractivity contribution >= 4 is 11.6 Å². The molecule has 114 valence electrons. The number of nitrogens with zero attached hydrogens (tertiary/aromatic N) is 2. The lowest BCUT2D eigenvalue weighted by Crippen LogP contribution is -2.35. The summed E-state index contributed by atoms with van der Waals surface area (Å²) in [6.07, 6.45) is 5.44. The van der Waals surface area contributed by atoms with Gasteiger partial charge in [0.2, 0.25) is 0 Å². The molecule has 3 nitrogen and oxygen atoms in total. The fraction of sp³-hybridized carbons (Fsp3) is 0.812. The Morgan fingerprint density at radius 3 is 2.65 bits per heavy atom. The number of hydrogen-bond acceptors (Lipinski definition) is 2. The van der Waals surface area contributed by atoms with Gasteiger partial charge in [-0.1, -0.05) is 32.4 Å². The van der Waals surface area contributed by atoms with Gasteiger partial charge in [0, 0.05) is 12.5 Å². The number of rotatable bonds is 3. The van der Waals surface area contributed by atoms with Crippen molar-refractivity contribution in [1.29, 1.82) is 0 Å². The summed E-state index contributed by atoms with van der Waals surface area (Å²) in [5.41, 5.74) is 7.58. The number of aryl methyl sites for hydroxylation is 1. The molecule has 1 fully saturated rings. The molecule has 1 aromatic heterocycles. The van der Waals surface area contributed by atoms with Gasteiger partial charge in [0.1, 0.15) is 0 Å². The average molecular weight is 298 g/mol. The second kappa shape index (κ2) is 6.07. The van der Waals surface area contributed by atoms with Gasteiger partial charge in [-0.05, 0) is 50.0 Å². The lowest BCUT2D eigenvalue weighted by molar-refractivity contribution is 0.129. The zero-order valence-corrected chi connectivity index (χ0v) is 14.0. The topological polar surface area (TPSA) is 43.8 Å². The minimum absolute atomic E-state index is 0.349. The Hall–Kier alpha value is -0.540. The first-order valence-electron chi connectivity index (χ1n) is 7.79. The van der Waals surface area contributed by atoms with Crippen molar-refractivity contribution in [3.63, 3.8) is 0 Å². The number of halogens is 1. The Labute approximate surface area is 127 Å². The fourth-order valence-electron chi connectivity index (χ4n) is 3.63. The molecule has 1 saturated carbocycles. The highest BCUT2D eigenvalue weighted by Crippen LogP contribution is 2.47. The van der Waals surface area contributed by atoms with Crippen molar-refractivity contribution in [2.45, 2.75) is 59.4 Å². The molecule has 0 bridgehead atoms. The van der Waals surface area contributed by atoms with E-state index in [1.54, 1.807) is 6.20 Å². The second-order valence-electron chi connectivity index (χ2n) is 7.17. The standard InChI is InChI=1S/C16H28ClN3/c1-5-20-15(14(17)10-19-20)13-8-12(16(2,3)4)7-6-11(13)9-18/h10-13H,5-9,18H2,1-4H3. The summed E-state index contributed by atoms with van der Waals surface area (Å²) in [6.45, 7) is 10.8. The Balaban J connectivity index is 2.32. The number of aromatic nitrogens is 2. The lowest BCUT2D eigenvalue weighted by atomic mass is 9.65. The van der Waals surface area contributed by atoms with Crippen LogP contribution in [0.5, 0.6) is 0 Å². The highest BCUT2D eigenvalue weighted by atomic mass is 35.5. The van der Waals surface area contributed by atoms with Crippen LogP contribution in [0.1, 0.15) is 58.6 Å². The molecule has 1 aromatic rings. The van der Waals surface area contributed by atoms with E-state index in [0.29, 0.717) is 17.3 Å². The summed E-state index contributed by atoms with van der Waals surface area (Å²) in [5.74, 6) is 1.72. The molecule has 1 aliphatic carbocycles. The number of hydrogen-bond donors (Lipinski definition) is 1. The highest BCUT2D eigenvalue weighted by molar-refractivity contribution is 6.31. The smallest absolute Gasteiger partial charge is 0.0820 e. The zero-order chi connectivity index (χ0) is 14.9. The van der Waals surface area contributed by atoms with E-state index in [1.807, 2.05) is 0 Å². The maximum Gasteiger partial charge on any atom is 0.0820 e. The van der Waals surface area contributed by atoms with Crippen LogP contribution in [0.2, 0.25) is 5.02 Å². The molecule has 1 heterocycles. The molecule has 0 saturated heterocycles. The van der Waals surface area contributed by atoms with E-state index in [1.165, 1.54) is 25.0 Å². The molecule has 3 unspecified atom stereocenters. The molecule has 2 rings (SSSR count). The summed E-state index contributed by atoms with van der Waals surface area (Å²) in [7, 11) is 0. The summed E-state index contributed by atoms with van der Waals surface area (Å²) in [6, 6.07) is 0. The van der Waals surface area contributed by atoms with Gasteiger partial charge < -0.3 is 5.73 Å². The van der Waals surface area contributed by atoms with E-state index >= 15 is 0 Å². The highest BCUT2D eigenvalue weighted by Gasteiger charge is 2.38. The van der Waals surface area contributed by atoms with E-state index in [-0.39, 0.29) is 0 Å². The minimum atomic E-state index is 0.349. The van der Waals surface area contributed by atoms with Gasteiger partial charge in [0.15, 0.2) is 0 Å². The third kappa shape index (κ3) is 3.04. The molecule has 2 N–H and O–H groups in total. The van der Waals surface area contributed by atoms with Crippen LogP contribution < -0.4 is 5.73 Å². The maximum atomic E-state index is 6.42.